The maximum Gasteiger partial charge on any atom is 0.157 e. The minimum absolute atomic E-state index is 0.421. The first-order chi connectivity index (χ1) is 8.40. The third kappa shape index (κ3) is 2.49. The number of hydrogen-bond acceptors (Lipinski definition) is 2. The van der Waals surface area contributed by atoms with Crippen molar-refractivity contribution < 1.29 is 4.74 Å². The summed E-state index contributed by atoms with van der Waals surface area (Å²) in [5, 5.41) is 4.31. The van der Waals surface area contributed by atoms with Crippen molar-refractivity contribution in [2.24, 2.45) is 0 Å². The van der Waals surface area contributed by atoms with Gasteiger partial charge in [-0.15, -0.1) is 0 Å². The zero-order chi connectivity index (χ0) is 11.5. The van der Waals surface area contributed by atoms with Crippen LogP contribution in [0.25, 0.3) is 0 Å². The number of aromatic nitrogens is 2. The van der Waals surface area contributed by atoms with E-state index >= 15 is 0 Å². The lowest BCUT2D eigenvalue weighted by Crippen LogP contribution is -2.24. The van der Waals surface area contributed by atoms with E-state index in [0.717, 1.165) is 12.3 Å². The standard InChI is InChI=1S/C14H16N2O/c1-2-5-12(6-3-1)10-16-11-14(9-15-16)17-13-7-4-8-13/h1-3,5-6,9,11,13H,4,7-8,10H2. The number of benzene rings is 1. The molecule has 0 atom stereocenters. The predicted octanol–water partition coefficient (Wildman–Crippen LogP) is 2.86. The van der Waals surface area contributed by atoms with E-state index in [1.165, 1.54) is 24.8 Å². The van der Waals surface area contributed by atoms with Crippen molar-refractivity contribution in [2.75, 3.05) is 0 Å². The van der Waals surface area contributed by atoms with Gasteiger partial charge in [-0.3, -0.25) is 4.68 Å². The Labute approximate surface area is 101 Å². The van der Waals surface area contributed by atoms with Crippen molar-refractivity contribution >= 4 is 0 Å². The topological polar surface area (TPSA) is 27.1 Å². The van der Waals surface area contributed by atoms with Gasteiger partial charge in [-0.2, -0.15) is 5.10 Å². The molecule has 2 aromatic rings. The Hall–Kier alpha value is -1.77. The third-order valence-electron chi connectivity index (χ3n) is 3.15. The van der Waals surface area contributed by atoms with Crippen LogP contribution >= 0.6 is 0 Å². The Morgan fingerprint density at radius 2 is 2.06 bits per heavy atom. The van der Waals surface area contributed by atoms with Gasteiger partial charge in [0.25, 0.3) is 0 Å². The molecule has 88 valence electrons. The summed E-state index contributed by atoms with van der Waals surface area (Å²) in [6, 6.07) is 10.3. The second kappa shape index (κ2) is 4.62. The SMILES string of the molecule is c1ccc(Cn2cc(OC3CCC3)cn2)cc1. The first-order valence-corrected chi connectivity index (χ1v) is 6.13. The molecule has 0 unspecified atom stereocenters. The van der Waals surface area contributed by atoms with Gasteiger partial charge in [0.2, 0.25) is 0 Å². The van der Waals surface area contributed by atoms with Gasteiger partial charge in [0, 0.05) is 0 Å². The molecule has 0 saturated heterocycles. The molecule has 1 aromatic carbocycles. The molecule has 1 aliphatic rings. The minimum Gasteiger partial charge on any atom is -0.487 e. The second-order valence-corrected chi connectivity index (χ2v) is 4.53. The van der Waals surface area contributed by atoms with Crippen LogP contribution in [0.15, 0.2) is 42.7 Å². The summed E-state index contributed by atoms with van der Waals surface area (Å²) in [6.07, 6.45) is 7.87. The van der Waals surface area contributed by atoms with Crippen molar-refractivity contribution in [3.63, 3.8) is 0 Å². The van der Waals surface area contributed by atoms with Crippen LogP contribution in [0.2, 0.25) is 0 Å². The molecule has 1 aromatic heterocycles. The normalized spacial score (nSPS) is 15.5. The molecule has 0 amide bonds. The molecule has 0 spiro atoms. The van der Waals surface area contributed by atoms with Gasteiger partial charge in [-0.05, 0) is 24.8 Å². The Bertz CT molecular complexity index is 474. The molecule has 0 N–H and O–H groups in total. The molecule has 1 saturated carbocycles. The quantitative estimate of drug-likeness (QED) is 0.804. The van der Waals surface area contributed by atoms with Crippen LogP contribution in [0.4, 0.5) is 0 Å². The average Bonchev–Trinajstić information content (AvgIpc) is 2.73. The van der Waals surface area contributed by atoms with Gasteiger partial charge in [-0.1, -0.05) is 30.3 Å². The lowest BCUT2D eigenvalue weighted by atomic mass is 9.96. The summed E-state index contributed by atoms with van der Waals surface area (Å²) in [5.74, 6) is 0.894. The highest BCUT2D eigenvalue weighted by molar-refractivity contribution is 5.17. The summed E-state index contributed by atoms with van der Waals surface area (Å²) in [5.41, 5.74) is 1.26. The molecule has 0 bridgehead atoms. The second-order valence-electron chi connectivity index (χ2n) is 4.53. The van der Waals surface area contributed by atoms with E-state index in [9.17, 15) is 0 Å². The van der Waals surface area contributed by atoms with Crippen molar-refractivity contribution in [3.05, 3.63) is 48.3 Å². The molecule has 0 radical (unpaired) electrons. The Balaban J connectivity index is 1.64. The number of hydrogen-bond donors (Lipinski definition) is 0. The highest BCUT2D eigenvalue weighted by Gasteiger charge is 2.19. The van der Waals surface area contributed by atoms with Gasteiger partial charge in [0.05, 0.1) is 25.0 Å². The Morgan fingerprint density at radius 3 is 2.76 bits per heavy atom. The van der Waals surface area contributed by atoms with E-state index in [2.05, 4.69) is 17.2 Å². The van der Waals surface area contributed by atoms with Gasteiger partial charge >= 0.3 is 0 Å². The van der Waals surface area contributed by atoms with Gasteiger partial charge in [0.1, 0.15) is 0 Å². The molecule has 1 fully saturated rings. The lowest BCUT2D eigenvalue weighted by Gasteiger charge is -2.25. The Kier molecular flexibility index (Phi) is 2.82. The molecule has 1 aliphatic carbocycles. The van der Waals surface area contributed by atoms with Crippen LogP contribution in [0.3, 0.4) is 0 Å². The Morgan fingerprint density at radius 1 is 1.24 bits per heavy atom. The van der Waals surface area contributed by atoms with Gasteiger partial charge in [0.15, 0.2) is 5.75 Å². The molecule has 3 rings (SSSR count). The van der Waals surface area contributed by atoms with E-state index in [4.69, 9.17) is 4.74 Å². The summed E-state index contributed by atoms with van der Waals surface area (Å²) >= 11 is 0. The average molecular weight is 228 g/mol. The van der Waals surface area contributed by atoms with Gasteiger partial charge in [-0.25, -0.2) is 0 Å². The van der Waals surface area contributed by atoms with E-state index in [1.807, 2.05) is 29.1 Å². The van der Waals surface area contributed by atoms with Gasteiger partial charge < -0.3 is 4.74 Å². The number of ether oxygens (including phenoxy) is 1. The molecule has 17 heavy (non-hydrogen) atoms. The van der Waals surface area contributed by atoms with Crippen LogP contribution in [-0.2, 0) is 6.54 Å². The van der Waals surface area contributed by atoms with Crippen molar-refractivity contribution in [2.45, 2.75) is 31.9 Å². The largest absolute Gasteiger partial charge is 0.487 e. The fourth-order valence-electron chi connectivity index (χ4n) is 1.94. The zero-order valence-corrected chi connectivity index (χ0v) is 9.75. The maximum atomic E-state index is 5.79. The first-order valence-electron chi connectivity index (χ1n) is 6.13. The molecular formula is C14H16N2O. The smallest absolute Gasteiger partial charge is 0.157 e. The van der Waals surface area contributed by atoms with Crippen LogP contribution < -0.4 is 4.74 Å². The van der Waals surface area contributed by atoms with E-state index in [1.54, 1.807) is 6.20 Å². The number of rotatable bonds is 4. The summed E-state index contributed by atoms with van der Waals surface area (Å²) < 4.78 is 7.71. The van der Waals surface area contributed by atoms with Crippen LogP contribution in [0, 0.1) is 0 Å². The molecule has 0 aliphatic heterocycles. The van der Waals surface area contributed by atoms with Crippen LogP contribution in [0.5, 0.6) is 5.75 Å². The zero-order valence-electron chi connectivity index (χ0n) is 9.75. The van der Waals surface area contributed by atoms with E-state index in [-0.39, 0.29) is 0 Å². The van der Waals surface area contributed by atoms with Crippen LogP contribution in [-0.4, -0.2) is 15.9 Å². The summed E-state index contributed by atoms with van der Waals surface area (Å²) in [7, 11) is 0. The summed E-state index contributed by atoms with van der Waals surface area (Å²) in [6.45, 7) is 0.800. The van der Waals surface area contributed by atoms with E-state index < -0.39 is 0 Å². The highest BCUT2D eigenvalue weighted by atomic mass is 16.5. The fourth-order valence-corrected chi connectivity index (χ4v) is 1.94. The van der Waals surface area contributed by atoms with Crippen molar-refractivity contribution in [3.8, 4) is 5.75 Å². The molecule has 3 nitrogen and oxygen atoms in total. The maximum absolute atomic E-state index is 5.79. The predicted molar refractivity (Wildman–Crippen MR) is 66.0 cm³/mol. The minimum atomic E-state index is 0.421. The van der Waals surface area contributed by atoms with Crippen molar-refractivity contribution in [1.82, 2.24) is 9.78 Å². The number of nitrogens with zero attached hydrogens (tertiary/aromatic N) is 2. The fraction of sp³-hybridized carbons (Fsp3) is 0.357. The highest BCUT2D eigenvalue weighted by Crippen LogP contribution is 2.24. The van der Waals surface area contributed by atoms with Crippen LogP contribution in [0.1, 0.15) is 24.8 Å². The first kappa shape index (κ1) is 10.4. The molecule has 1 heterocycles. The monoisotopic (exact) mass is 228 g/mol. The summed E-state index contributed by atoms with van der Waals surface area (Å²) in [4.78, 5) is 0. The molecule has 3 heteroatoms. The molecular weight excluding hydrogens is 212 g/mol. The third-order valence-corrected chi connectivity index (χ3v) is 3.15. The van der Waals surface area contributed by atoms with Crippen molar-refractivity contribution in [1.29, 1.82) is 0 Å². The van der Waals surface area contributed by atoms with E-state index in [0.29, 0.717) is 6.10 Å². The lowest BCUT2D eigenvalue weighted by molar-refractivity contribution is 0.120.